The van der Waals surface area contributed by atoms with Crippen molar-refractivity contribution in [3.05, 3.63) is 56.4 Å². The summed E-state index contributed by atoms with van der Waals surface area (Å²) in [6.07, 6.45) is 0. The number of hydrogen-bond acceptors (Lipinski definition) is 2. The van der Waals surface area contributed by atoms with Crippen molar-refractivity contribution in [2.75, 3.05) is 6.54 Å². The Morgan fingerprint density at radius 1 is 1.25 bits per heavy atom. The first-order valence-corrected chi connectivity index (χ1v) is 6.53. The lowest BCUT2D eigenvalue weighted by molar-refractivity contribution is 0.599. The standard InChI is InChI=1S/C12H11BrFNS/c13-12-6-5-11(16-12)9(7-15)8-3-1-2-4-10(8)14/h1-6,9H,7,15H2. The minimum atomic E-state index is -0.192. The third-order valence-electron chi connectivity index (χ3n) is 2.45. The van der Waals surface area contributed by atoms with Crippen molar-refractivity contribution in [2.45, 2.75) is 5.92 Å². The Labute approximate surface area is 106 Å². The first kappa shape index (κ1) is 11.8. The summed E-state index contributed by atoms with van der Waals surface area (Å²) < 4.78 is 14.7. The molecule has 4 heteroatoms. The average molecular weight is 300 g/mol. The maximum Gasteiger partial charge on any atom is 0.127 e. The van der Waals surface area contributed by atoms with E-state index in [2.05, 4.69) is 15.9 Å². The van der Waals surface area contributed by atoms with Crippen molar-refractivity contribution in [1.82, 2.24) is 0 Å². The number of rotatable bonds is 3. The molecule has 84 valence electrons. The van der Waals surface area contributed by atoms with Crippen LogP contribution in [0.4, 0.5) is 4.39 Å². The van der Waals surface area contributed by atoms with Crippen molar-refractivity contribution < 1.29 is 4.39 Å². The van der Waals surface area contributed by atoms with Crippen LogP contribution in [-0.4, -0.2) is 6.54 Å². The van der Waals surface area contributed by atoms with E-state index in [-0.39, 0.29) is 11.7 Å². The van der Waals surface area contributed by atoms with E-state index in [0.29, 0.717) is 12.1 Å². The van der Waals surface area contributed by atoms with Crippen molar-refractivity contribution in [1.29, 1.82) is 0 Å². The monoisotopic (exact) mass is 299 g/mol. The summed E-state index contributed by atoms with van der Waals surface area (Å²) in [5.41, 5.74) is 6.41. The quantitative estimate of drug-likeness (QED) is 0.918. The first-order valence-electron chi connectivity index (χ1n) is 4.92. The highest BCUT2D eigenvalue weighted by Crippen LogP contribution is 2.33. The van der Waals surface area contributed by atoms with Crippen molar-refractivity contribution in [3.8, 4) is 0 Å². The van der Waals surface area contributed by atoms with E-state index in [4.69, 9.17) is 5.73 Å². The summed E-state index contributed by atoms with van der Waals surface area (Å²) in [7, 11) is 0. The largest absolute Gasteiger partial charge is 0.329 e. The summed E-state index contributed by atoms with van der Waals surface area (Å²) in [4.78, 5) is 1.08. The van der Waals surface area contributed by atoms with E-state index in [9.17, 15) is 4.39 Å². The van der Waals surface area contributed by atoms with Crippen molar-refractivity contribution in [2.24, 2.45) is 5.73 Å². The topological polar surface area (TPSA) is 26.0 Å². The molecule has 1 heterocycles. The molecule has 0 saturated heterocycles. The number of hydrogen-bond donors (Lipinski definition) is 1. The molecule has 16 heavy (non-hydrogen) atoms. The third-order valence-corrected chi connectivity index (χ3v) is 4.19. The fourth-order valence-electron chi connectivity index (χ4n) is 1.67. The SMILES string of the molecule is NCC(c1ccc(Br)s1)c1ccccc1F. The molecule has 0 aliphatic rings. The molecule has 0 aliphatic heterocycles. The van der Waals surface area contributed by atoms with Crippen molar-refractivity contribution in [3.63, 3.8) is 0 Å². The van der Waals surface area contributed by atoms with Gasteiger partial charge in [-0.15, -0.1) is 11.3 Å². The van der Waals surface area contributed by atoms with Crippen LogP contribution >= 0.6 is 27.3 Å². The third kappa shape index (κ3) is 2.34. The van der Waals surface area contributed by atoms with Crippen LogP contribution in [0.25, 0.3) is 0 Å². The van der Waals surface area contributed by atoms with Crippen LogP contribution < -0.4 is 5.73 Å². The van der Waals surface area contributed by atoms with Gasteiger partial charge in [-0.3, -0.25) is 0 Å². The Bertz CT molecular complexity index is 483. The highest BCUT2D eigenvalue weighted by molar-refractivity contribution is 9.11. The zero-order chi connectivity index (χ0) is 11.5. The number of halogens is 2. The van der Waals surface area contributed by atoms with Crippen molar-refractivity contribution >= 4 is 27.3 Å². The van der Waals surface area contributed by atoms with Crippen LogP contribution in [0.3, 0.4) is 0 Å². The number of nitrogens with two attached hydrogens (primary N) is 1. The maximum absolute atomic E-state index is 13.7. The van der Waals surface area contributed by atoms with Gasteiger partial charge in [-0.1, -0.05) is 18.2 Å². The summed E-state index contributed by atoms with van der Waals surface area (Å²) in [6.45, 7) is 0.411. The van der Waals surface area contributed by atoms with Gasteiger partial charge in [-0.05, 0) is 39.7 Å². The molecular weight excluding hydrogens is 289 g/mol. The lowest BCUT2D eigenvalue weighted by Crippen LogP contribution is -2.13. The molecule has 0 amide bonds. The second kappa shape index (κ2) is 5.08. The molecule has 0 aliphatic carbocycles. The van der Waals surface area contributed by atoms with Gasteiger partial charge >= 0.3 is 0 Å². The molecule has 2 aromatic rings. The Kier molecular flexibility index (Phi) is 3.74. The molecule has 1 aromatic carbocycles. The second-order valence-electron chi connectivity index (χ2n) is 3.45. The molecule has 2 rings (SSSR count). The molecule has 0 fully saturated rings. The van der Waals surface area contributed by atoms with Gasteiger partial charge in [0.1, 0.15) is 5.82 Å². The zero-order valence-corrected chi connectivity index (χ0v) is 10.9. The summed E-state index contributed by atoms with van der Waals surface area (Å²) in [5.74, 6) is -0.250. The van der Waals surface area contributed by atoms with Gasteiger partial charge < -0.3 is 5.73 Å². The van der Waals surface area contributed by atoms with Gasteiger partial charge in [0.05, 0.1) is 3.79 Å². The minimum Gasteiger partial charge on any atom is -0.329 e. The van der Waals surface area contributed by atoms with Crippen LogP contribution in [0.5, 0.6) is 0 Å². The van der Waals surface area contributed by atoms with Gasteiger partial charge in [0.2, 0.25) is 0 Å². The highest BCUT2D eigenvalue weighted by Gasteiger charge is 2.17. The Morgan fingerprint density at radius 2 is 2.00 bits per heavy atom. The van der Waals surface area contributed by atoms with Gasteiger partial charge in [0.15, 0.2) is 0 Å². The highest BCUT2D eigenvalue weighted by atomic mass is 79.9. The summed E-state index contributed by atoms with van der Waals surface area (Å²) >= 11 is 5.00. The molecule has 0 spiro atoms. The van der Waals surface area contributed by atoms with E-state index < -0.39 is 0 Å². The molecule has 2 N–H and O–H groups in total. The Balaban J connectivity index is 2.40. The predicted octanol–water partition coefficient (Wildman–Crippen LogP) is 3.74. The molecule has 0 saturated carbocycles. The van der Waals surface area contributed by atoms with E-state index in [1.165, 1.54) is 6.07 Å². The van der Waals surface area contributed by atoms with Crippen LogP contribution in [0.1, 0.15) is 16.4 Å². The van der Waals surface area contributed by atoms with Gasteiger partial charge in [0.25, 0.3) is 0 Å². The van der Waals surface area contributed by atoms with E-state index in [1.54, 1.807) is 23.5 Å². The summed E-state index contributed by atoms with van der Waals surface area (Å²) in [6, 6.07) is 10.7. The lowest BCUT2D eigenvalue weighted by atomic mass is 9.97. The van der Waals surface area contributed by atoms with Gasteiger partial charge in [0, 0.05) is 17.3 Å². The zero-order valence-electron chi connectivity index (χ0n) is 8.49. The lowest BCUT2D eigenvalue weighted by Gasteiger charge is -2.14. The molecule has 0 bridgehead atoms. The fraction of sp³-hybridized carbons (Fsp3) is 0.167. The first-order chi connectivity index (χ1) is 7.72. The molecule has 1 nitrogen and oxygen atoms in total. The molecule has 1 unspecified atom stereocenters. The summed E-state index contributed by atoms with van der Waals surface area (Å²) in [5, 5.41) is 0. The van der Waals surface area contributed by atoms with Crippen LogP contribution in [0.15, 0.2) is 40.2 Å². The number of thiophene rings is 1. The van der Waals surface area contributed by atoms with Gasteiger partial charge in [-0.25, -0.2) is 4.39 Å². The van der Waals surface area contributed by atoms with Crippen LogP contribution in [0, 0.1) is 5.82 Å². The van der Waals surface area contributed by atoms with E-state index in [0.717, 1.165) is 8.66 Å². The maximum atomic E-state index is 13.7. The van der Waals surface area contributed by atoms with Gasteiger partial charge in [-0.2, -0.15) is 0 Å². The van der Waals surface area contributed by atoms with Crippen LogP contribution in [-0.2, 0) is 0 Å². The predicted molar refractivity (Wildman–Crippen MR) is 69.3 cm³/mol. The van der Waals surface area contributed by atoms with E-state index in [1.807, 2.05) is 18.2 Å². The molecule has 0 radical (unpaired) electrons. The Hall–Kier alpha value is -0.710. The second-order valence-corrected chi connectivity index (χ2v) is 5.95. The minimum absolute atomic E-state index is 0.0579. The molecule has 1 atom stereocenters. The smallest absolute Gasteiger partial charge is 0.127 e. The number of benzene rings is 1. The van der Waals surface area contributed by atoms with E-state index >= 15 is 0 Å². The average Bonchev–Trinajstić information content (AvgIpc) is 2.69. The molecule has 1 aromatic heterocycles. The van der Waals surface area contributed by atoms with Crippen LogP contribution in [0.2, 0.25) is 0 Å². The Morgan fingerprint density at radius 3 is 2.56 bits per heavy atom. The molecular formula is C12H11BrFNS. The fourth-order valence-corrected chi connectivity index (χ4v) is 3.23. The normalized spacial score (nSPS) is 12.7.